The Morgan fingerprint density at radius 1 is 0.976 bits per heavy atom. The van der Waals surface area contributed by atoms with Crippen LogP contribution < -0.4 is 4.74 Å². The number of halogens is 3. The number of nitrogens with zero attached hydrogens (tertiary/aromatic N) is 6. The average molecular weight is 581 g/mol. The monoisotopic (exact) mass is 580 g/mol. The highest BCUT2D eigenvalue weighted by Crippen LogP contribution is 2.38. The molecule has 2 aliphatic heterocycles. The second-order valence-corrected chi connectivity index (χ2v) is 11.6. The Labute approximate surface area is 241 Å². The van der Waals surface area contributed by atoms with Crippen molar-refractivity contribution in [2.24, 2.45) is 0 Å². The van der Waals surface area contributed by atoms with Gasteiger partial charge in [-0.05, 0) is 39.8 Å². The lowest BCUT2D eigenvalue weighted by atomic mass is 9.82. The van der Waals surface area contributed by atoms with Gasteiger partial charge in [0.1, 0.15) is 5.75 Å². The molecule has 2 atom stereocenters. The average Bonchev–Trinajstić information content (AvgIpc) is 3.50. The molecular formula is C30H31F3N6OS. The van der Waals surface area contributed by atoms with Crippen LogP contribution in [0.4, 0.5) is 13.2 Å². The SMILES string of the molecule is COc1ccc(-n2nnnc2C(F)(F)F)cc1CN1CC2CSCCN2C(C(c2ccccc2)c2ccccc2)C1. The van der Waals surface area contributed by atoms with Crippen LogP contribution in [0, 0.1) is 0 Å². The van der Waals surface area contributed by atoms with Gasteiger partial charge in [-0.2, -0.15) is 29.6 Å². The maximum atomic E-state index is 13.5. The number of methoxy groups -OCH3 is 1. The van der Waals surface area contributed by atoms with Crippen molar-refractivity contribution in [3.05, 3.63) is 101 Å². The molecule has 3 aromatic carbocycles. The highest BCUT2D eigenvalue weighted by molar-refractivity contribution is 7.99. The lowest BCUT2D eigenvalue weighted by Crippen LogP contribution is -2.62. The number of fused-ring (bicyclic) bond motifs is 1. The van der Waals surface area contributed by atoms with Crippen LogP contribution in [-0.4, -0.2) is 80.3 Å². The van der Waals surface area contributed by atoms with Gasteiger partial charge in [0.2, 0.25) is 0 Å². The maximum absolute atomic E-state index is 13.5. The van der Waals surface area contributed by atoms with E-state index in [4.69, 9.17) is 4.74 Å². The Bertz CT molecular complexity index is 1410. The minimum absolute atomic E-state index is 0.176. The molecule has 4 aromatic rings. The quantitative estimate of drug-likeness (QED) is 0.301. The van der Waals surface area contributed by atoms with Crippen LogP contribution >= 0.6 is 11.8 Å². The molecule has 0 N–H and O–H groups in total. The third-order valence-electron chi connectivity index (χ3n) is 7.94. The molecule has 0 bridgehead atoms. The zero-order chi connectivity index (χ0) is 28.4. The van der Waals surface area contributed by atoms with E-state index in [0.29, 0.717) is 18.3 Å². The van der Waals surface area contributed by atoms with Crippen LogP contribution in [0.2, 0.25) is 0 Å². The van der Waals surface area contributed by atoms with Gasteiger partial charge in [-0.3, -0.25) is 9.80 Å². The third kappa shape index (κ3) is 5.84. The number of hydrogen-bond donors (Lipinski definition) is 0. The van der Waals surface area contributed by atoms with Gasteiger partial charge in [-0.25, -0.2) is 0 Å². The first kappa shape index (κ1) is 27.7. The molecule has 1 aromatic heterocycles. The Hall–Kier alpha value is -3.41. The van der Waals surface area contributed by atoms with Crippen molar-refractivity contribution in [2.45, 2.75) is 30.7 Å². The first-order valence-electron chi connectivity index (χ1n) is 13.6. The van der Waals surface area contributed by atoms with Crippen LogP contribution in [0.5, 0.6) is 5.75 Å². The summed E-state index contributed by atoms with van der Waals surface area (Å²) in [6, 6.07) is 26.9. The summed E-state index contributed by atoms with van der Waals surface area (Å²) in [4.78, 5) is 5.10. The molecule has 6 rings (SSSR count). The number of alkyl halides is 3. The summed E-state index contributed by atoms with van der Waals surface area (Å²) < 4.78 is 47.0. The number of tetrazole rings is 1. The van der Waals surface area contributed by atoms with Crippen LogP contribution in [-0.2, 0) is 12.7 Å². The van der Waals surface area contributed by atoms with Gasteiger partial charge in [0.15, 0.2) is 0 Å². The Morgan fingerprint density at radius 2 is 1.68 bits per heavy atom. The van der Waals surface area contributed by atoms with E-state index >= 15 is 0 Å². The summed E-state index contributed by atoms with van der Waals surface area (Å²) in [6.45, 7) is 3.23. The number of thioether (sulfide) groups is 1. The summed E-state index contributed by atoms with van der Waals surface area (Å²) in [6.07, 6.45) is -4.67. The van der Waals surface area contributed by atoms with Crippen LogP contribution in [0.25, 0.3) is 5.69 Å². The Balaban J connectivity index is 1.35. The number of rotatable bonds is 7. The third-order valence-corrected chi connectivity index (χ3v) is 9.03. The standard InChI is InChI=1S/C30H31F3N6OS/c1-40-27-13-12-24(39-29(30(31,32)33)34-35-36-39)16-23(27)17-37-18-25-20-41-15-14-38(25)26(19-37)28(21-8-4-2-5-9-21)22-10-6-3-7-11-22/h2-13,16,25-26,28H,14-15,17-20H2,1H3. The van der Waals surface area contributed by atoms with Gasteiger partial charge in [0.05, 0.1) is 12.8 Å². The molecule has 0 radical (unpaired) electrons. The largest absolute Gasteiger partial charge is 0.496 e. The lowest BCUT2D eigenvalue weighted by Gasteiger charge is -2.51. The first-order chi connectivity index (χ1) is 19.9. The molecule has 3 heterocycles. The highest BCUT2D eigenvalue weighted by Gasteiger charge is 2.41. The second-order valence-electron chi connectivity index (χ2n) is 10.4. The number of benzene rings is 3. The molecule has 0 aliphatic carbocycles. The zero-order valence-electron chi connectivity index (χ0n) is 22.6. The maximum Gasteiger partial charge on any atom is 0.453 e. The van der Waals surface area contributed by atoms with Crippen molar-refractivity contribution >= 4 is 11.8 Å². The predicted octanol–water partition coefficient (Wildman–Crippen LogP) is 5.12. The topological polar surface area (TPSA) is 59.3 Å². The molecule has 2 fully saturated rings. The van der Waals surface area contributed by atoms with Crippen molar-refractivity contribution in [3.63, 3.8) is 0 Å². The van der Waals surface area contributed by atoms with E-state index in [9.17, 15) is 13.2 Å². The van der Waals surface area contributed by atoms with E-state index in [1.807, 2.05) is 23.9 Å². The van der Waals surface area contributed by atoms with Crippen molar-refractivity contribution in [3.8, 4) is 11.4 Å². The Kier molecular flexibility index (Phi) is 8.01. The summed E-state index contributed by atoms with van der Waals surface area (Å²) in [7, 11) is 1.58. The normalized spacial score (nSPS) is 20.2. The van der Waals surface area contributed by atoms with E-state index < -0.39 is 12.0 Å². The van der Waals surface area contributed by atoms with E-state index in [-0.39, 0.29) is 17.6 Å². The molecule has 0 amide bonds. The molecule has 0 saturated carbocycles. The number of hydrogen-bond acceptors (Lipinski definition) is 7. The van der Waals surface area contributed by atoms with E-state index in [0.717, 1.165) is 41.4 Å². The predicted molar refractivity (Wildman–Crippen MR) is 152 cm³/mol. The fourth-order valence-electron chi connectivity index (χ4n) is 6.19. The number of piperazine rings is 1. The van der Waals surface area contributed by atoms with Gasteiger partial charge >= 0.3 is 6.18 Å². The molecule has 2 saturated heterocycles. The molecule has 2 unspecified atom stereocenters. The minimum atomic E-state index is -4.67. The van der Waals surface area contributed by atoms with E-state index in [1.165, 1.54) is 11.1 Å². The van der Waals surface area contributed by atoms with Crippen LogP contribution in [0.1, 0.15) is 28.4 Å². The summed E-state index contributed by atoms with van der Waals surface area (Å²) in [5.41, 5.74) is 3.59. The number of aromatic nitrogens is 4. The zero-order valence-corrected chi connectivity index (χ0v) is 23.4. The van der Waals surface area contributed by atoms with Crippen molar-refractivity contribution in [1.82, 2.24) is 30.0 Å². The molecule has 2 aliphatic rings. The molecule has 11 heteroatoms. The van der Waals surface area contributed by atoms with Gasteiger partial charge in [-0.15, -0.1) is 5.10 Å². The number of ether oxygens (including phenoxy) is 1. The van der Waals surface area contributed by atoms with Gasteiger partial charge in [0, 0.05) is 61.2 Å². The molecule has 41 heavy (non-hydrogen) atoms. The van der Waals surface area contributed by atoms with Gasteiger partial charge in [-0.1, -0.05) is 60.7 Å². The summed E-state index contributed by atoms with van der Waals surface area (Å²) in [5.74, 6) is 1.78. The van der Waals surface area contributed by atoms with Crippen molar-refractivity contribution < 1.29 is 17.9 Å². The molecular weight excluding hydrogens is 549 g/mol. The second kappa shape index (κ2) is 11.8. The molecule has 0 spiro atoms. The van der Waals surface area contributed by atoms with Gasteiger partial charge < -0.3 is 4.74 Å². The van der Waals surface area contributed by atoms with Crippen LogP contribution in [0.15, 0.2) is 78.9 Å². The fourth-order valence-corrected chi connectivity index (χ4v) is 7.26. The van der Waals surface area contributed by atoms with Crippen LogP contribution in [0.3, 0.4) is 0 Å². The smallest absolute Gasteiger partial charge is 0.453 e. The fraction of sp³-hybridized carbons (Fsp3) is 0.367. The molecule has 7 nitrogen and oxygen atoms in total. The molecule has 214 valence electrons. The van der Waals surface area contributed by atoms with Gasteiger partial charge in [0.25, 0.3) is 5.82 Å². The van der Waals surface area contributed by atoms with E-state index in [1.54, 1.807) is 25.3 Å². The lowest BCUT2D eigenvalue weighted by molar-refractivity contribution is -0.146. The van der Waals surface area contributed by atoms with E-state index in [2.05, 4.69) is 73.9 Å². The first-order valence-corrected chi connectivity index (χ1v) is 14.8. The van der Waals surface area contributed by atoms with Crippen molar-refractivity contribution in [2.75, 3.05) is 38.2 Å². The summed E-state index contributed by atoms with van der Waals surface area (Å²) in [5, 5.41) is 10.1. The Morgan fingerprint density at radius 3 is 2.34 bits per heavy atom. The van der Waals surface area contributed by atoms with Crippen molar-refractivity contribution in [1.29, 1.82) is 0 Å². The highest BCUT2D eigenvalue weighted by atomic mass is 32.2. The summed E-state index contributed by atoms with van der Waals surface area (Å²) >= 11 is 1.98. The minimum Gasteiger partial charge on any atom is -0.496 e.